The molecule has 0 radical (unpaired) electrons. The number of quaternary nitrogens is 1. The Kier molecular flexibility index (Phi) is 10.4. The summed E-state index contributed by atoms with van der Waals surface area (Å²) in [6.45, 7) is 0.393. The Bertz CT molecular complexity index is 476. The largest absolute Gasteiger partial charge is 0.550 e. The van der Waals surface area contributed by atoms with Crippen molar-refractivity contribution in [1.29, 1.82) is 0 Å². The van der Waals surface area contributed by atoms with E-state index in [9.17, 15) is 19.5 Å². The summed E-state index contributed by atoms with van der Waals surface area (Å²) in [6, 6.07) is 0. The Balaban J connectivity index is 4.13. The number of hydrogen-bond donors (Lipinski definition) is 1. The predicted molar refractivity (Wildman–Crippen MR) is 86.8 cm³/mol. The predicted octanol–water partition coefficient (Wildman–Crippen LogP) is 0.502. The SMILES string of the molecule is C[N+](C)(C)CC(CC(=O)[O-])OC(=O)CC/C=C/C/C=C/CC(=O)O. The molecule has 0 aliphatic rings. The van der Waals surface area contributed by atoms with E-state index in [1.807, 2.05) is 27.2 Å². The number of likely N-dealkylation sites (N-methyl/N-ethyl adjacent to an activating group) is 1. The minimum atomic E-state index is -1.24. The maximum atomic E-state index is 11.8. The number of allylic oxidation sites excluding steroid dienone is 3. The quantitative estimate of drug-likeness (QED) is 0.315. The van der Waals surface area contributed by atoms with Crippen molar-refractivity contribution in [2.24, 2.45) is 0 Å². The van der Waals surface area contributed by atoms with Gasteiger partial charge in [0.1, 0.15) is 6.54 Å². The molecule has 0 rings (SSSR count). The molecule has 1 atom stereocenters. The Morgan fingerprint density at radius 3 is 2.29 bits per heavy atom. The first kappa shape index (κ1) is 21.9. The molecule has 7 nitrogen and oxygen atoms in total. The molecule has 0 bridgehead atoms. The fourth-order valence-electron chi connectivity index (χ4n) is 1.96. The third-order valence-electron chi connectivity index (χ3n) is 2.86. The molecule has 0 aromatic heterocycles. The lowest BCUT2D eigenvalue weighted by Crippen LogP contribution is -2.45. The van der Waals surface area contributed by atoms with Crippen LogP contribution in [0, 0.1) is 0 Å². The summed E-state index contributed by atoms with van der Waals surface area (Å²) in [7, 11) is 5.66. The maximum absolute atomic E-state index is 11.8. The summed E-state index contributed by atoms with van der Waals surface area (Å²) in [6.07, 6.45) is 7.15. The average molecular weight is 341 g/mol. The zero-order valence-corrected chi connectivity index (χ0v) is 14.6. The summed E-state index contributed by atoms with van der Waals surface area (Å²) < 4.78 is 5.70. The number of esters is 1. The van der Waals surface area contributed by atoms with Crippen molar-refractivity contribution in [2.75, 3.05) is 27.7 Å². The van der Waals surface area contributed by atoms with Gasteiger partial charge in [0, 0.05) is 18.8 Å². The van der Waals surface area contributed by atoms with Gasteiger partial charge in [0.25, 0.3) is 0 Å². The van der Waals surface area contributed by atoms with Crippen LogP contribution < -0.4 is 5.11 Å². The number of ether oxygens (including phenoxy) is 1. The zero-order valence-electron chi connectivity index (χ0n) is 14.6. The summed E-state index contributed by atoms with van der Waals surface area (Å²) >= 11 is 0. The van der Waals surface area contributed by atoms with Crippen LogP contribution >= 0.6 is 0 Å². The molecular formula is C17H27NO6. The van der Waals surface area contributed by atoms with Gasteiger partial charge in [-0.25, -0.2) is 0 Å². The summed E-state index contributed by atoms with van der Waals surface area (Å²) in [5, 5.41) is 19.2. The summed E-state index contributed by atoms with van der Waals surface area (Å²) in [4.78, 5) is 32.8. The molecule has 1 N–H and O–H groups in total. The Morgan fingerprint density at radius 1 is 1.12 bits per heavy atom. The lowest BCUT2D eigenvalue weighted by Gasteiger charge is -2.29. The highest BCUT2D eigenvalue weighted by Crippen LogP contribution is 2.07. The van der Waals surface area contributed by atoms with E-state index in [0.717, 1.165) is 0 Å². The second-order valence-electron chi connectivity index (χ2n) is 6.48. The van der Waals surface area contributed by atoms with E-state index in [4.69, 9.17) is 9.84 Å². The lowest BCUT2D eigenvalue weighted by molar-refractivity contribution is -0.873. The van der Waals surface area contributed by atoms with Crippen LogP contribution in [0.1, 0.15) is 32.1 Å². The van der Waals surface area contributed by atoms with Crippen molar-refractivity contribution in [3.05, 3.63) is 24.3 Å². The van der Waals surface area contributed by atoms with Crippen molar-refractivity contribution < 1.29 is 33.8 Å². The fourth-order valence-corrected chi connectivity index (χ4v) is 1.96. The van der Waals surface area contributed by atoms with E-state index < -0.39 is 24.0 Å². The van der Waals surface area contributed by atoms with E-state index in [1.165, 1.54) is 0 Å². The number of rotatable bonds is 12. The zero-order chi connectivity index (χ0) is 18.6. The normalized spacial score (nSPS) is 13.3. The first-order chi connectivity index (χ1) is 11.1. The van der Waals surface area contributed by atoms with Gasteiger partial charge >= 0.3 is 11.9 Å². The molecule has 0 amide bonds. The molecule has 1 unspecified atom stereocenters. The topological polar surface area (TPSA) is 104 Å². The van der Waals surface area contributed by atoms with Crippen molar-refractivity contribution in [3.63, 3.8) is 0 Å². The van der Waals surface area contributed by atoms with Gasteiger partial charge in [0.15, 0.2) is 6.10 Å². The molecule has 136 valence electrons. The molecule has 0 spiro atoms. The molecule has 0 saturated heterocycles. The van der Waals surface area contributed by atoms with Crippen molar-refractivity contribution in [1.82, 2.24) is 0 Å². The van der Waals surface area contributed by atoms with Gasteiger partial charge < -0.3 is 24.2 Å². The van der Waals surface area contributed by atoms with Crippen LogP contribution in [0.3, 0.4) is 0 Å². The molecule has 0 aromatic rings. The highest BCUT2D eigenvalue weighted by Gasteiger charge is 2.22. The number of carbonyl (C=O) groups excluding carboxylic acids is 2. The monoisotopic (exact) mass is 341 g/mol. The van der Waals surface area contributed by atoms with Gasteiger partial charge in [0.2, 0.25) is 0 Å². The fraction of sp³-hybridized carbons (Fsp3) is 0.588. The number of aliphatic carboxylic acids is 2. The Morgan fingerprint density at radius 2 is 1.75 bits per heavy atom. The number of carbonyl (C=O) groups is 3. The van der Waals surface area contributed by atoms with Gasteiger partial charge in [0.05, 0.1) is 27.6 Å². The summed E-state index contributed by atoms with van der Waals surface area (Å²) in [5.74, 6) is -2.56. The second-order valence-corrected chi connectivity index (χ2v) is 6.48. The highest BCUT2D eigenvalue weighted by molar-refractivity contribution is 5.71. The molecule has 0 fully saturated rings. The Hall–Kier alpha value is -2.15. The van der Waals surface area contributed by atoms with Crippen LogP contribution in [0.5, 0.6) is 0 Å². The van der Waals surface area contributed by atoms with E-state index in [-0.39, 0.29) is 19.3 Å². The molecule has 0 aliphatic heterocycles. The van der Waals surface area contributed by atoms with E-state index in [0.29, 0.717) is 23.9 Å². The average Bonchev–Trinajstić information content (AvgIpc) is 2.38. The van der Waals surface area contributed by atoms with Gasteiger partial charge in [-0.05, 0) is 12.8 Å². The molecular weight excluding hydrogens is 314 g/mol. The number of hydrogen-bond acceptors (Lipinski definition) is 5. The van der Waals surface area contributed by atoms with E-state index in [1.54, 1.807) is 18.2 Å². The van der Waals surface area contributed by atoms with Crippen LogP contribution in [0.4, 0.5) is 0 Å². The minimum absolute atomic E-state index is 0.00766. The first-order valence-electron chi connectivity index (χ1n) is 7.81. The van der Waals surface area contributed by atoms with E-state index in [2.05, 4.69) is 0 Å². The molecule has 0 aromatic carbocycles. The van der Waals surface area contributed by atoms with Gasteiger partial charge in [-0.1, -0.05) is 24.3 Å². The Labute approximate surface area is 142 Å². The highest BCUT2D eigenvalue weighted by atomic mass is 16.5. The maximum Gasteiger partial charge on any atom is 0.307 e. The van der Waals surface area contributed by atoms with Crippen LogP contribution in [0.15, 0.2) is 24.3 Å². The number of carboxylic acids is 2. The van der Waals surface area contributed by atoms with Crippen molar-refractivity contribution in [3.8, 4) is 0 Å². The third-order valence-corrected chi connectivity index (χ3v) is 2.86. The van der Waals surface area contributed by atoms with Crippen LogP contribution in [-0.2, 0) is 19.1 Å². The van der Waals surface area contributed by atoms with Crippen molar-refractivity contribution >= 4 is 17.9 Å². The molecule has 0 aliphatic carbocycles. The molecule has 0 saturated carbocycles. The standard InChI is InChI=1S/C17H27NO6/c1-18(2,3)13-14(12-16(21)22)24-17(23)11-9-7-5-4-6-8-10-15(19)20/h5-8,14H,4,9-13H2,1-3H3,(H-,19,20,21,22)/b7-5+,8-6+. The summed E-state index contributed by atoms with van der Waals surface area (Å²) in [5.41, 5.74) is 0. The third kappa shape index (κ3) is 14.8. The van der Waals surface area contributed by atoms with Gasteiger partial charge in [-0.15, -0.1) is 0 Å². The van der Waals surface area contributed by atoms with Gasteiger partial charge in [-0.3, -0.25) is 9.59 Å². The lowest BCUT2D eigenvalue weighted by atomic mass is 10.2. The van der Waals surface area contributed by atoms with Crippen molar-refractivity contribution in [2.45, 2.75) is 38.2 Å². The molecule has 7 heteroatoms. The second kappa shape index (κ2) is 11.4. The smallest absolute Gasteiger partial charge is 0.307 e. The molecule has 0 heterocycles. The number of carboxylic acid groups (broad SMARTS) is 2. The van der Waals surface area contributed by atoms with Crippen LogP contribution in [0.25, 0.3) is 0 Å². The molecule has 24 heavy (non-hydrogen) atoms. The van der Waals surface area contributed by atoms with Gasteiger partial charge in [-0.2, -0.15) is 0 Å². The number of nitrogens with zero attached hydrogens (tertiary/aromatic N) is 1. The minimum Gasteiger partial charge on any atom is -0.550 e. The first-order valence-corrected chi connectivity index (χ1v) is 7.81. The van der Waals surface area contributed by atoms with Crippen LogP contribution in [0.2, 0.25) is 0 Å². The van der Waals surface area contributed by atoms with E-state index >= 15 is 0 Å². The van der Waals surface area contributed by atoms with Crippen LogP contribution in [-0.4, -0.2) is 61.3 Å².